The Morgan fingerprint density at radius 1 is 1.33 bits per heavy atom. The minimum atomic E-state index is -1.00. The highest BCUT2D eigenvalue weighted by molar-refractivity contribution is 5.97. The second kappa shape index (κ2) is 7.58. The van der Waals surface area contributed by atoms with Crippen LogP contribution in [0.5, 0.6) is 5.75 Å². The summed E-state index contributed by atoms with van der Waals surface area (Å²) in [5, 5.41) is 3.77. The molecule has 0 fully saturated rings. The van der Waals surface area contributed by atoms with Gasteiger partial charge in [0.2, 0.25) is 0 Å². The molecular weight excluding hydrogens is 317 g/mol. The molecule has 0 aliphatic rings. The van der Waals surface area contributed by atoms with Crippen molar-refractivity contribution in [2.24, 2.45) is 0 Å². The van der Waals surface area contributed by atoms with Crippen molar-refractivity contribution in [2.75, 3.05) is 0 Å². The molecule has 24 heavy (non-hydrogen) atoms. The minimum Gasteiger partial charge on any atom is -0.478 e. The molecule has 7 nitrogen and oxygen atoms in total. The molecule has 0 spiro atoms. The maximum Gasteiger partial charge on any atom is 0.279 e. The predicted octanol–water partition coefficient (Wildman–Crippen LogP) is 1.91. The van der Waals surface area contributed by atoms with E-state index in [1.807, 2.05) is 6.92 Å². The molecule has 0 unspecified atom stereocenters. The van der Waals surface area contributed by atoms with Gasteiger partial charge in [0.1, 0.15) is 11.3 Å². The fourth-order valence-corrected chi connectivity index (χ4v) is 2.02. The summed E-state index contributed by atoms with van der Waals surface area (Å²) in [5.74, 6) is -1.44. The number of hydrogen-bond acceptors (Lipinski definition) is 5. The molecule has 1 heterocycles. The molecule has 0 bridgehead atoms. The highest BCUT2D eigenvalue weighted by atomic mass is 19.1. The van der Waals surface area contributed by atoms with Crippen LogP contribution in [0.3, 0.4) is 0 Å². The summed E-state index contributed by atoms with van der Waals surface area (Å²) in [7, 11) is 0. The standard InChI is InChI=1S/C16H18FN3O4/c1-4-12-14(9(2)24-20-12)16(22)19-18-15(21)10(3)23-13-8-6-5-7-11(13)17/h5-8,10H,4H2,1-3H3,(H,18,21)(H,19,22)/t10-/m0/s1. The Morgan fingerprint density at radius 2 is 2.04 bits per heavy atom. The number of nitrogens with zero attached hydrogens (tertiary/aromatic N) is 1. The van der Waals surface area contributed by atoms with E-state index < -0.39 is 23.7 Å². The molecule has 128 valence electrons. The maximum absolute atomic E-state index is 13.5. The van der Waals surface area contributed by atoms with E-state index >= 15 is 0 Å². The van der Waals surface area contributed by atoms with E-state index in [0.717, 1.165) is 0 Å². The molecule has 1 atom stereocenters. The Hall–Kier alpha value is -2.90. The molecule has 1 aromatic heterocycles. The Morgan fingerprint density at radius 3 is 2.71 bits per heavy atom. The quantitative estimate of drug-likeness (QED) is 0.814. The minimum absolute atomic E-state index is 0.0466. The van der Waals surface area contributed by atoms with Crippen LogP contribution in [0.25, 0.3) is 0 Å². The topological polar surface area (TPSA) is 93.5 Å². The lowest BCUT2D eigenvalue weighted by atomic mass is 10.1. The second-order valence-electron chi connectivity index (χ2n) is 5.05. The van der Waals surface area contributed by atoms with Gasteiger partial charge in [0.25, 0.3) is 11.8 Å². The van der Waals surface area contributed by atoms with Crippen LogP contribution in [0.1, 0.15) is 35.7 Å². The van der Waals surface area contributed by atoms with Crippen molar-refractivity contribution in [1.29, 1.82) is 0 Å². The number of hydrogen-bond donors (Lipinski definition) is 2. The molecule has 1 aromatic carbocycles. The van der Waals surface area contributed by atoms with E-state index in [1.165, 1.54) is 25.1 Å². The zero-order valence-electron chi connectivity index (χ0n) is 13.6. The van der Waals surface area contributed by atoms with Crippen molar-refractivity contribution in [3.05, 3.63) is 47.1 Å². The average Bonchev–Trinajstić information content (AvgIpc) is 2.95. The molecule has 0 saturated heterocycles. The highest BCUT2D eigenvalue weighted by Gasteiger charge is 2.21. The van der Waals surface area contributed by atoms with E-state index in [4.69, 9.17) is 9.26 Å². The Balaban J connectivity index is 1.94. The number of rotatable bonds is 5. The lowest BCUT2D eigenvalue weighted by molar-refractivity contribution is -0.128. The van der Waals surface area contributed by atoms with Gasteiger partial charge in [0, 0.05) is 0 Å². The largest absolute Gasteiger partial charge is 0.478 e. The highest BCUT2D eigenvalue weighted by Crippen LogP contribution is 2.17. The number of aromatic nitrogens is 1. The van der Waals surface area contributed by atoms with Crippen molar-refractivity contribution in [3.63, 3.8) is 0 Å². The first kappa shape index (κ1) is 17.5. The van der Waals surface area contributed by atoms with Crippen molar-refractivity contribution in [3.8, 4) is 5.75 Å². The molecule has 2 amide bonds. The predicted molar refractivity (Wildman–Crippen MR) is 82.7 cm³/mol. The van der Waals surface area contributed by atoms with Crippen LogP contribution >= 0.6 is 0 Å². The number of para-hydroxylation sites is 1. The number of aryl methyl sites for hydroxylation is 2. The molecule has 0 saturated carbocycles. The van der Waals surface area contributed by atoms with Crippen molar-refractivity contribution >= 4 is 11.8 Å². The van der Waals surface area contributed by atoms with Gasteiger partial charge in [-0.25, -0.2) is 4.39 Å². The van der Waals surface area contributed by atoms with E-state index in [-0.39, 0.29) is 11.3 Å². The Bertz CT molecular complexity index is 745. The summed E-state index contributed by atoms with van der Waals surface area (Å²) in [6, 6.07) is 5.74. The number of benzene rings is 1. The SMILES string of the molecule is CCc1noc(C)c1C(=O)NNC(=O)[C@H](C)Oc1ccccc1F. The van der Waals surface area contributed by atoms with Crippen molar-refractivity contribution < 1.29 is 23.2 Å². The zero-order valence-corrected chi connectivity index (χ0v) is 13.6. The van der Waals surface area contributed by atoms with Crippen LogP contribution in [0.15, 0.2) is 28.8 Å². The van der Waals surface area contributed by atoms with Gasteiger partial charge in [-0.05, 0) is 32.4 Å². The number of carbonyl (C=O) groups excluding carboxylic acids is 2. The fourth-order valence-electron chi connectivity index (χ4n) is 2.02. The Kier molecular flexibility index (Phi) is 5.51. The van der Waals surface area contributed by atoms with Gasteiger partial charge in [0.15, 0.2) is 17.7 Å². The van der Waals surface area contributed by atoms with Crippen LogP contribution in [0, 0.1) is 12.7 Å². The molecule has 0 aliphatic heterocycles. The molecule has 0 aliphatic carbocycles. The molecule has 2 rings (SSSR count). The summed E-state index contributed by atoms with van der Waals surface area (Å²) in [5.41, 5.74) is 5.28. The summed E-state index contributed by atoms with van der Waals surface area (Å²) >= 11 is 0. The normalized spacial score (nSPS) is 11.7. The zero-order chi connectivity index (χ0) is 17.7. The van der Waals surface area contributed by atoms with Crippen molar-refractivity contribution in [2.45, 2.75) is 33.3 Å². The number of amides is 2. The monoisotopic (exact) mass is 335 g/mol. The third kappa shape index (κ3) is 3.89. The average molecular weight is 335 g/mol. The van der Waals surface area contributed by atoms with Crippen molar-refractivity contribution in [1.82, 2.24) is 16.0 Å². The summed E-state index contributed by atoms with van der Waals surface area (Å²) in [6.07, 6.45) is -0.489. The van der Waals surface area contributed by atoms with Gasteiger partial charge in [-0.1, -0.05) is 24.2 Å². The van der Waals surface area contributed by atoms with Crippen LogP contribution in [-0.2, 0) is 11.2 Å². The molecule has 2 aromatic rings. The third-order valence-electron chi connectivity index (χ3n) is 3.30. The summed E-state index contributed by atoms with van der Waals surface area (Å²) < 4.78 is 23.7. The smallest absolute Gasteiger partial charge is 0.279 e. The van der Waals surface area contributed by atoms with Gasteiger partial charge in [-0.3, -0.25) is 20.4 Å². The van der Waals surface area contributed by atoms with E-state index in [9.17, 15) is 14.0 Å². The lowest BCUT2D eigenvalue weighted by Crippen LogP contribution is -2.47. The number of hydrazine groups is 1. The van der Waals surface area contributed by atoms with Crippen LogP contribution in [-0.4, -0.2) is 23.1 Å². The van der Waals surface area contributed by atoms with Crippen LogP contribution < -0.4 is 15.6 Å². The molecule has 0 radical (unpaired) electrons. The van der Waals surface area contributed by atoms with E-state index in [1.54, 1.807) is 13.0 Å². The first-order valence-corrected chi connectivity index (χ1v) is 7.40. The molecule has 2 N–H and O–H groups in total. The van der Waals surface area contributed by atoms with Gasteiger partial charge in [0.05, 0.1) is 5.69 Å². The number of halogens is 1. The Labute approximate surface area is 138 Å². The third-order valence-corrected chi connectivity index (χ3v) is 3.30. The van der Waals surface area contributed by atoms with Gasteiger partial charge < -0.3 is 9.26 Å². The van der Waals surface area contributed by atoms with E-state index in [2.05, 4.69) is 16.0 Å². The van der Waals surface area contributed by atoms with Crippen LogP contribution in [0.2, 0.25) is 0 Å². The summed E-state index contributed by atoms with van der Waals surface area (Å²) in [6.45, 7) is 4.87. The number of nitrogens with one attached hydrogen (secondary N) is 2. The number of ether oxygens (including phenoxy) is 1. The van der Waals surface area contributed by atoms with Crippen LogP contribution in [0.4, 0.5) is 4.39 Å². The maximum atomic E-state index is 13.5. The molecular formula is C16H18FN3O4. The first-order chi connectivity index (χ1) is 11.4. The van der Waals surface area contributed by atoms with Gasteiger partial charge in [-0.15, -0.1) is 0 Å². The van der Waals surface area contributed by atoms with Gasteiger partial charge >= 0.3 is 0 Å². The lowest BCUT2D eigenvalue weighted by Gasteiger charge is -2.15. The second-order valence-corrected chi connectivity index (χ2v) is 5.05. The first-order valence-electron chi connectivity index (χ1n) is 7.40. The number of carbonyl (C=O) groups is 2. The summed E-state index contributed by atoms with van der Waals surface area (Å²) in [4.78, 5) is 24.1. The van der Waals surface area contributed by atoms with E-state index in [0.29, 0.717) is 17.9 Å². The fraction of sp³-hybridized carbons (Fsp3) is 0.312. The molecule has 8 heteroatoms. The van der Waals surface area contributed by atoms with Gasteiger partial charge in [-0.2, -0.15) is 0 Å².